The molecule has 1 fully saturated rings. The van der Waals surface area contributed by atoms with Crippen molar-refractivity contribution in [3.05, 3.63) is 0 Å². The molecule has 2 N–H and O–H groups in total. The van der Waals surface area contributed by atoms with Crippen LogP contribution in [0.25, 0.3) is 0 Å². The van der Waals surface area contributed by atoms with Gasteiger partial charge >= 0.3 is 0 Å². The van der Waals surface area contributed by atoms with Crippen molar-refractivity contribution < 1.29 is 4.79 Å². The number of amides is 1. The maximum Gasteiger partial charge on any atom is 0.223 e. The van der Waals surface area contributed by atoms with Crippen molar-refractivity contribution in [1.82, 2.24) is 20.4 Å². The summed E-state index contributed by atoms with van der Waals surface area (Å²) >= 11 is 0. The van der Waals surface area contributed by atoms with Crippen LogP contribution in [-0.2, 0) is 4.79 Å². The highest BCUT2D eigenvalue weighted by molar-refractivity contribution is 5.81. The van der Waals surface area contributed by atoms with Crippen LogP contribution in [0.5, 0.6) is 0 Å². The molecule has 0 aromatic rings. The van der Waals surface area contributed by atoms with Crippen molar-refractivity contribution in [3.8, 4) is 0 Å². The van der Waals surface area contributed by atoms with Crippen molar-refractivity contribution in [2.45, 2.75) is 45.1 Å². The second-order valence-electron chi connectivity index (χ2n) is 6.75. The van der Waals surface area contributed by atoms with E-state index in [1.807, 2.05) is 0 Å². The number of nitrogens with one attached hydrogen (secondary N) is 2. The Morgan fingerprint density at radius 2 is 1.82 bits per heavy atom. The van der Waals surface area contributed by atoms with Crippen LogP contribution in [-0.4, -0.2) is 74.5 Å². The molecule has 0 aromatic heterocycles. The molecule has 1 heterocycles. The van der Waals surface area contributed by atoms with Gasteiger partial charge in [0.1, 0.15) is 0 Å². The zero-order valence-electron chi connectivity index (χ0n) is 14.9. The van der Waals surface area contributed by atoms with Crippen LogP contribution in [0.2, 0.25) is 0 Å². The van der Waals surface area contributed by atoms with Gasteiger partial charge < -0.3 is 15.5 Å². The van der Waals surface area contributed by atoms with E-state index in [2.05, 4.69) is 34.4 Å². The Balaban J connectivity index is 2.35. The molecule has 128 valence electrons. The molecule has 1 rings (SSSR count). The molecule has 0 radical (unpaired) electrons. The van der Waals surface area contributed by atoms with Crippen molar-refractivity contribution >= 4 is 11.9 Å². The molecule has 0 unspecified atom stereocenters. The third-order valence-electron chi connectivity index (χ3n) is 4.25. The number of rotatable bonds is 6. The summed E-state index contributed by atoms with van der Waals surface area (Å²) in [6.45, 7) is 8.34. The molecule has 0 bridgehead atoms. The zero-order chi connectivity index (χ0) is 16.6. The third kappa shape index (κ3) is 6.22. The molecular weight excluding hydrogens is 278 g/mol. The largest absolute Gasteiger partial charge is 0.356 e. The van der Waals surface area contributed by atoms with Crippen LogP contribution in [0.1, 0.15) is 39.5 Å². The summed E-state index contributed by atoms with van der Waals surface area (Å²) in [7, 11) is 5.31. The number of hydrogen-bond donors (Lipinski definition) is 2. The normalized spacial score (nSPS) is 17.2. The summed E-state index contributed by atoms with van der Waals surface area (Å²) in [4.78, 5) is 19.9. The topological polar surface area (TPSA) is 60.0 Å². The third-order valence-corrected chi connectivity index (χ3v) is 4.25. The first-order chi connectivity index (χ1) is 10.4. The first kappa shape index (κ1) is 18.7. The van der Waals surface area contributed by atoms with Gasteiger partial charge in [-0.2, -0.15) is 0 Å². The van der Waals surface area contributed by atoms with Gasteiger partial charge in [0.05, 0.1) is 0 Å². The number of hydrogen-bond acceptors (Lipinski definition) is 3. The minimum absolute atomic E-state index is 0.109. The van der Waals surface area contributed by atoms with Crippen LogP contribution in [0.15, 0.2) is 4.99 Å². The second kappa shape index (κ2) is 8.98. The predicted molar refractivity (Wildman–Crippen MR) is 92.2 cm³/mol. The molecule has 1 saturated heterocycles. The molecular formula is C16H33N5O. The summed E-state index contributed by atoms with van der Waals surface area (Å²) in [6.07, 6.45) is 4.42. The van der Waals surface area contributed by atoms with Gasteiger partial charge in [-0.25, -0.2) is 0 Å². The Morgan fingerprint density at radius 3 is 2.36 bits per heavy atom. The number of carbonyl (C=O) groups excluding carboxylic acids is 1. The highest BCUT2D eigenvalue weighted by atomic mass is 16.2. The lowest BCUT2D eigenvalue weighted by Gasteiger charge is -2.41. The molecule has 0 aromatic carbocycles. The van der Waals surface area contributed by atoms with Gasteiger partial charge in [-0.05, 0) is 39.8 Å². The molecule has 0 saturated carbocycles. The molecule has 1 aliphatic rings. The number of nitrogens with zero attached hydrogens (tertiary/aromatic N) is 3. The Labute approximate surface area is 135 Å². The molecule has 1 amide bonds. The Kier molecular flexibility index (Phi) is 7.65. The van der Waals surface area contributed by atoms with Gasteiger partial charge in [-0.15, -0.1) is 0 Å². The van der Waals surface area contributed by atoms with Gasteiger partial charge in [-0.3, -0.25) is 14.7 Å². The van der Waals surface area contributed by atoms with E-state index in [0.717, 1.165) is 12.5 Å². The number of likely N-dealkylation sites (tertiary alicyclic amines) is 1. The number of guanidine groups is 1. The minimum Gasteiger partial charge on any atom is -0.356 e. The predicted octanol–water partition coefficient (Wildman–Crippen LogP) is 0.894. The van der Waals surface area contributed by atoms with E-state index in [4.69, 9.17) is 0 Å². The maximum atomic E-state index is 11.6. The Hall–Kier alpha value is -1.30. The lowest BCUT2D eigenvalue weighted by molar-refractivity contribution is -0.128. The highest BCUT2D eigenvalue weighted by Crippen LogP contribution is 2.19. The maximum absolute atomic E-state index is 11.6. The van der Waals surface area contributed by atoms with Gasteiger partial charge in [0.2, 0.25) is 5.91 Å². The minimum atomic E-state index is 0.109. The van der Waals surface area contributed by atoms with Gasteiger partial charge in [0.25, 0.3) is 0 Å². The molecule has 6 heteroatoms. The summed E-state index contributed by atoms with van der Waals surface area (Å²) < 4.78 is 0. The number of carbonyl (C=O) groups is 1. The SMILES string of the molecule is CN=C(NCCC(=O)N(C)C)NCC(C)(C)N1CCCCC1. The van der Waals surface area contributed by atoms with Crippen molar-refractivity contribution in [2.24, 2.45) is 4.99 Å². The van der Waals surface area contributed by atoms with E-state index in [9.17, 15) is 4.79 Å². The van der Waals surface area contributed by atoms with E-state index in [-0.39, 0.29) is 11.4 Å². The number of piperidine rings is 1. The molecule has 0 atom stereocenters. The highest BCUT2D eigenvalue weighted by Gasteiger charge is 2.27. The first-order valence-corrected chi connectivity index (χ1v) is 8.26. The van der Waals surface area contributed by atoms with E-state index >= 15 is 0 Å². The van der Waals surface area contributed by atoms with Crippen LogP contribution in [0.3, 0.4) is 0 Å². The summed E-state index contributed by atoms with van der Waals surface area (Å²) in [6, 6.07) is 0. The molecule has 0 spiro atoms. The molecule has 22 heavy (non-hydrogen) atoms. The lowest BCUT2D eigenvalue weighted by Crippen LogP contribution is -2.55. The quantitative estimate of drug-likeness (QED) is 0.565. The van der Waals surface area contributed by atoms with Gasteiger partial charge in [0.15, 0.2) is 5.96 Å². The Bertz CT molecular complexity index is 373. The van der Waals surface area contributed by atoms with Crippen LogP contribution in [0, 0.1) is 0 Å². The summed E-state index contributed by atoms with van der Waals surface area (Å²) in [5.74, 6) is 0.883. The number of aliphatic imine (C=N–C) groups is 1. The monoisotopic (exact) mass is 311 g/mol. The van der Waals surface area contributed by atoms with Crippen LogP contribution >= 0.6 is 0 Å². The summed E-state index contributed by atoms with van der Waals surface area (Å²) in [5.41, 5.74) is 0.109. The van der Waals surface area contributed by atoms with Crippen LogP contribution in [0.4, 0.5) is 0 Å². The second-order valence-corrected chi connectivity index (χ2v) is 6.75. The van der Waals surface area contributed by atoms with Crippen molar-refractivity contribution in [3.63, 3.8) is 0 Å². The van der Waals surface area contributed by atoms with E-state index < -0.39 is 0 Å². The molecule has 6 nitrogen and oxygen atoms in total. The Morgan fingerprint density at radius 1 is 1.18 bits per heavy atom. The van der Waals surface area contributed by atoms with Gasteiger partial charge in [0, 0.05) is 46.2 Å². The molecule has 1 aliphatic heterocycles. The van der Waals surface area contributed by atoms with Crippen molar-refractivity contribution in [1.29, 1.82) is 0 Å². The fourth-order valence-electron chi connectivity index (χ4n) is 2.64. The van der Waals surface area contributed by atoms with Crippen LogP contribution < -0.4 is 10.6 Å². The van der Waals surface area contributed by atoms with E-state index in [0.29, 0.717) is 13.0 Å². The summed E-state index contributed by atoms with van der Waals surface area (Å²) in [5, 5.41) is 6.59. The van der Waals surface area contributed by atoms with E-state index in [1.54, 1.807) is 26.0 Å². The fraction of sp³-hybridized carbons (Fsp3) is 0.875. The van der Waals surface area contributed by atoms with Gasteiger partial charge in [-0.1, -0.05) is 6.42 Å². The first-order valence-electron chi connectivity index (χ1n) is 8.26. The smallest absolute Gasteiger partial charge is 0.223 e. The standard InChI is InChI=1S/C16H33N5O/c1-16(2,21-11-7-6-8-12-21)13-19-15(17-3)18-10-9-14(22)20(4)5/h6-13H2,1-5H3,(H2,17,18,19). The fourth-order valence-corrected chi connectivity index (χ4v) is 2.64. The average Bonchev–Trinajstić information content (AvgIpc) is 2.51. The average molecular weight is 311 g/mol. The van der Waals surface area contributed by atoms with Crippen molar-refractivity contribution in [2.75, 3.05) is 47.3 Å². The lowest BCUT2D eigenvalue weighted by atomic mass is 9.98. The molecule has 0 aliphatic carbocycles. The van der Waals surface area contributed by atoms with E-state index in [1.165, 1.54) is 32.4 Å². The zero-order valence-corrected chi connectivity index (χ0v) is 14.9.